The fourth-order valence-electron chi connectivity index (χ4n) is 2.02. The van der Waals surface area contributed by atoms with Crippen molar-refractivity contribution in [1.82, 2.24) is 0 Å². The lowest BCUT2D eigenvalue weighted by Crippen LogP contribution is -2.13. The van der Waals surface area contributed by atoms with Crippen LogP contribution in [0.15, 0.2) is 54.1 Å². The third-order valence-electron chi connectivity index (χ3n) is 3.40. The maximum Gasteiger partial charge on any atom is 0.266 e. The van der Waals surface area contributed by atoms with E-state index < -0.39 is 5.91 Å². The Labute approximate surface area is 136 Å². The molecule has 2 aromatic carbocycles. The summed E-state index contributed by atoms with van der Waals surface area (Å²) in [5.41, 5.74) is 3.73. The number of nitrogens with one attached hydrogen (secondary N) is 1. The lowest BCUT2D eigenvalue weighted by molar-refractivity contribution is -0.112. The number of rotatable bonds is 4. The molecule has 0 aliphatic carbocycles. The number of nitrogens with zero attached hydrogens (tertiary/aromatic N) is 2. The number of carbonyl (C=O) groups is 1. The zero-order valence-electron chi connectivity index (χ0n) is 13.5. The van der Waals surface area contributed by atoms with Gasteiger partial charge in [-0.1, -0.05) is 29.8 Å². The Morgan fingerprint density at radius 1 is 1.09 bits per heavy atom. The lowest BCUT2D eigenvalue weighted by Gasteiger charge is -2.12. The molecule has 0 aliphatic rings. The van der Waals surface area contributed by atoms with Crippen LogP contribution in [0.2, 0.25) is 0 Å². The number of hydrogen-bond acceptors (Lipinski definition) is 3. The Morgan fingerprint density at radius 2 is 1.70 bits per heavy atom. The monoisotopic (exact) mass is 305 g/mol. The quantitative estimate of drug-likeness (QED) is 0.693. The predicted molar refractivity (Wildman–Crippen MR) is 94.2 cm³/mol. The van der Waals surface area contributed by atoms with Crippen molar-refractivity contribution >= 4 is 23.4 Å². The molecule has 0 heterocycles. The number of aryl methyl sites for hydroxylation is 1. The number of carbonyl (C=O) groups excluding carboxylic acids is 1. The second kappa shape index (κ2) is 7.28. The molecule has 1 N–H and O–H groups in total. The van der Waals surface area contributed by atoms with Crippen LogP contribution >= 0.6 is 0 Å². The van der Waals surface area contributed by atoms with Crippen LogP contribution in [-0.2, 0) is 4.79 Å². The molecule has 0 spiro atoms. The molecule has 0 radical (unpaired) electrons. The van der Waals surface area contributed by atoms with Crippen molar-refractivity contribution in [2.24, 2.45) is 0 Å². The summed E-state index contributed by atoms with van der Waals surface area (Å²) < 4.78 is 0. The summed E-state index contributed by atoms with van der Waals surface area (Å²) in [5, 5.41) is 12.0. The summed E-state index contributed by atoms with van der Waals surface area (Å²) in [7, 11) is 3.92. The highest BCUT2D eigenvalue weighted by Crippen LogP contribution is 2.16. The third kappa shape index (κ3) is 4.45. The van der Waals surface area contributed by atoms with Crippen LogP contribution in [0.5, 0.6) is 0 Å². The molecule has 0 aliphatic heterocycles. The SMILES string of the molecule is Cc1ccc(NC(=O)/C(C#N)=C\c2ccc(N(C)C)cc2)cc1. The number of anilines is 2. The van der Waals surface area contributed by atoms with E-state index in [9.17, 15) is 10.1 Å². The third-order valence-corrected chi connectivity index (χ3v) is 3.40. The minimum absolute atomic E-state index is 0.0724. The van der Waals surface area contributed by atoms with Crippen LogP contribution in [0.1, 0.15) is 11.1 Å². The fraction of sp³-hybridized carbons (Fsp3) is 0.158. The van der Waals surface area contributed by atoms with Gasteiger partial charge in [0.1, 0.15) is 11.6 Å². The molecule has 0 aromatic heterocycles. The van der Waals surface area contributed by atoms with E-state index in [4.69, 9.17) is 0 Å². The Hall–Kier alpha value is -3.06. The number of benzene rings is 2. The van der Waals surface area contributed by atoms with Gasteiger partial charge in [0, 0.05) is 25.5 Å². The summed E-state index contributed by atoms with van der Waals surface area (Å²) in [6, 6.07) is 17.0. The Morgan fingerprint density at radius 3 is 2.22 bits per heavy atom. The molecule has 116 valence electrons. The van der Waals surface area contributed by atoms with Crippen LogP contribution in [0.25, 0.3) is 6.08 Å². The Kier molecular flexibility index (Phi) is 5.16. The number of hydrogen-bond donors (Lipinski definition) is 1. The first-order valence-corrected chi connectivity index (χ1v) is 7.27. The lowest BCUT2D eigenvalue weighted by atomic mass is 10.1. The number of amides is 1. The van der Waals surface area contributed by atoms with E-state index in [0.717, 1.165) is 16.8 Å². The van der Waals surface area contributed by atoms with Crippen LogP contribution in [-0.4, -0.2) is 20.0 Å². The van der Waals surface area contributed by atoms with Crippen molar-refractivity contribution in [3.8, 4) is 6.07 Å². The Bertz CT molecular complexity index is 751. The van der Waals surface area contributed by atoms with Crippen molar-refractivity contribution in [3.63, 3.8) is 0 Å². The molecule has 2 rings (SSSR count). The van der Waals surface area contributed by atoms with E-state index in [0.29, 0.717) is 5.69 Å². The van der Waals surface area contributed by atoms with Crippen LogP contribution in [0, 0.1) is 18.3 Å². The van der Waals surface area contributed by atoms with Crippen LogP contribution in [0.4, 0.5) is 11.4 Å². The van der Waals surface area contributed by atoms with Gasteiger partial charge >= 0.3 is 0 Å². The fourth-order valence-corrected chi connectivity index (χ4v) is 2.02. The summed E-state index contributed by atoms with van der Waals surface area (Å²) >= 11 is 0. The summed E-state index contributed by atoms with van der Waals surface area (Å²) in [5.74, 6) is -0.409. The molecular formula is C19H19N3O. The minimum atomic E-state index is -0.409. The van der Waals surface area contributed by atoms with Gasteiger partial charge in [0.25, 0.3) is 5.91 Å². The smallest absolute Gasteiger partial charge is 0.266 e. The van der Waals surface area contributed by atoms with Gasteiger partial charge in [-0.15, -0.1) is 0 Å². The van der Waals surface area contributed by atoms with Gasteiger partial charge in [0.05, 0.1) is 0 Å². The first-order valence-electron chi connectivity index (χ1n) is 7.27. The van der Waals surface area contributed by atoms with Crippen molar-refractivity contribution in [1.29, 1.82) is 5.26 Å². The maximum absolute atomic E-state index is 12.2. The zero-order chi connectivity index (χ0) is 16.8. The van der Waals surface area contributed by atoms with Gasteiger partial charge in [-0.05, 0) is 42.8 Å². The van der Waals surface area contributed by atoms with Gasteiger partial charge in [-0.25, -0.2) is 0 Å². The van der Waals surface area contributed by atoms with E-state index in [1.54, 1.807) is 6.08 Å². The van der Waals surface area contributed by atoms with Crippen LogP contribution in [0.3, 0.4) is 0 Å². The van der Waals surface area contributed by atoms with Crippen molar-refractivity contribution < 1.29 is 4.79 Å². The van der Waals surface area contributed by atoms with Crippen LogP contribution < -0.4 is 10.2 Å². The van der Waals surface area contributed by atoms with Crippen molar-refractivity contribution in [2.75, 3.05) is 24.3 Å². The molecule has 0 saturated heterocycles. The maximum atomic E-state index is 12.2. The van der Waals surface area contributed by atoms with Gasteiger partial charge < -0.3 is 10.2 Å². The molecule has 4 heteroatoms. The van der Waals surface area contributed by atoms with E-state index in [1.807, 2.05) is 80.5 Å². The van der Waals surface area contributed by atoms with E-state index in [2.05, 4.69) is 5.32 Å². The van der Waals surface area contributed by atoms with Gasteiger partial charge in [-0.2, -0.15) is 5.26 Å². The first-order chi connectivity index (χ1) is 11.0. The molecule has 0 fully saturated rings. The topological polar surface area (TPSA) is 56.1 Å². The average molecular weight is 305 g/mol. The Balaban J connectivity index is 2.16. The number of nitriles is 1. The first kappa shape index (κ1) is 16.3. The second-order valence-electron chi connectivity index (χ2n) is 5.48. The molecule has 2 aromatic rings. The molecule has 0 saturated carbocycles. The normalized spacial score (nSPS) is 10.8. The molecule has 23 heavy (non-hydrogen) atoms. The van der Waals surface area contributed by atoms with Crippen molar-refractivity contribution in [3.05, 3.63) is 65.2 Å². The van der Waals surface area contributed by atoms with Gasteiger partial charge in [-0.3, -0.25) is 4.79 Å². The molecule has 1 amide bonds. The average Bonchev–Trinajstić information content (AvgIpc) is 2.55. The van der Waals surface area contributed by atoms with Crippen molar-refractivity contribution in [2.45, 2.75) is 6.92 Å². The predicted octanol–water partition coefficient (Wildman–Crippen LogP) is 3.61. The zero-order valence-corrected chi connectivity index (χ0v) is 13.5. The van der Waals surface area contributed by atoms with E-state index >= 15 is 0 Å². The summed E-state index contributed by atoms with van der Waals surface area (Å²) in [4.78, 5) is 14.2. The van der Waals surface area contributed by atoms with E-state index in [1.165, 1.54) is 0 Å². The molecule has 0 atom stereocenters. The second-order valence-corrected chi connectivity index (χ2v) is 5.48. The van der Waals surface area contributed by atoms with E-state index in [-0.39, 0.29) is 5.57 Å². The van der Waals surface area contributed by atoms with Gasteiger partial charge in [0.2, 0.25) is 0 Å². The largest absolute Gasteiger partial charge is 0.378 e. The standard InChI is InChI=1S/C19H19N3O/c1-14-4-8-17(9-5-14)21-19(23)16(13-20)12-15-6-10-18(11-7-15)22(2)3/h4-12H,1-3H3,(H,21,23)/b16-12-. The minimum Gasteiger partial charge on any atom is -0.378 e. The van der Waals surface area contributed by atoms with Gasteiger partial charge in [0.15, 0.2) is 0 Å². The molecule has 0 bridgehead atoms. The highest BCUT2D eigenvalue weighted by Gasteiger charge is 2.09. The molecular weight excluding hydrogens is 286 g/mol. The molecule has 4 nitrogen and oxygen atoms in total. The summed E-state index contributed by atoms with van der Waals surface area (Å²) in [6.45, 7) is 1.98. The highest BCUT2D eigenvalue weighted by molar-refractivity contribution is 6.09. The highest BCUT2D eigenvalue weighted by atomic mass is 16.1. The molecule has 0 unspecified atom stereocenters. The summed E-state index contributed by atoms with van der Waals surface area (Å²) in [6.07, 6.45) is 1.59.